The predicted octanol–water partition coefficient (Wildman–Crippen LogP) is 2.99. The van der Waals surface area contributed by atoms with Crippen LogP contribution in [0.4, 0.5) is 5.69 Å². The highest BCUT2D eigenvalue weighted by Crippen LogP contribution is 2.41. The van der Waals surface area contributed by atoms with Gasteiger partial charge in [0.2, 0.25) is 0 Å². The van der Waals surface area contributed by atoms with Crippen molar-refractivity contribution in [1.82, 2.24) is 0 Å². The van der Waals surface area contributed by atoms with Crippen LogP contribution in [0.15, 0.2) is 30.3 Å². The fourth-order valence-corrected chi connectivity index (χ4v) is 3.39. The first kappa shape index (κ1) is 16.4. The Morgan fingerprint density at radius 2 is 1.96 bits per heavy atom. The van der Waals surface area contributed by atoms with Crippen LogP contribution in [-0.2, 0) is 17.6 Å². The van der Waals surface area contributed by atoms with Crippen molar-refractivity contribution in [3.8, 4) is 11.5 Å². The fourth-order valence-electron chi connectivity index (χ4n) is 3.39. The zero-order chi connectivity index (χ0) is 18.1. The number of anilines is 1. The predicted molar refractivity (Wildman–Crippen MR) is 95.2 cm³/mol. The SMILES string of the molecule is CCOC(=O)c1ccccc1NC(=O)c1c2c(cc3c1OCC3)OCC2. The average molecular weight is 353 g/mol. The number of hydrogen-bond donors (Lipinski definition) is 1. The van der Waals surface area contributed by atoms with Gasteiger partial charge in [-0.05, 0) is 25.1 Å². The number of fused-ring (bicyclic) bond motifs is 2. The Morgan fingerprint density at radius 1 is 1.15 bits per heavy atom. The van der Waals surface area contributed by atoms with Crippen molar-refractivity contribution >= 4 is 17.6 Å². The van der Waals surface area contributed by atoms with Crippen molar-refractivity contribution in [2.24, 2.45) is 0 Å². The highest BCUT2D eigenvalue weighted by molar-refractivity contribution is 6.11. The number of rotatable bonds is 4. The summed E-state index contributed by atoms with van der Waals surface area (Å²) in [5, 5.41) is 2.85. The van der Waals surface area contributed by atoms with E-state index in [1.165, 1.54) is 0 Å². The first-order chi connectivity index (χ1) is 12.7. The maximum atomic E-state index is 13.1. The van der Waals surface area contributed by atoms with E-state index in [2.05, 4.69) is 5.32 Å². The van der Waals surface area contributed by atoms with Crippen LogP contribution in [0.1, 0.15) is 38.8 Å². The Bertz CT molecular complexity index is 858. The van der Waals surface area contributed by atoms with Gasteiger partial charge < -0.3 is 19.5 Å². The minimum Gasteiger partial charge on any atom is -0.493 e. The number of benzene rings is 2. The van der Waals surface area contributed by atoms with E-state index < -0.39 is 5.97 Å². The topological polar surface area (TPSA) is 73.9 Å². The minimum atomic E-state index is -0.466. The van der Waals surface area contributed by atoms with Crippen LogP contribution in [0.3, 0.4) is 0 Å². The zero-order valence-corrected chi connectivity index (χ0v) is 14.5. The van der Waals surface area contributed by atoms with E-state index in [1.807, 2.05) is 6.07 Å². The van der Waals surface area contributed by atoms with E-state index in [-0.39, 0.29) is 12.5 Å². The lowest BCUT2D eigenvalue weighted by atomic mass is 9.98. The van der Waals surface area contributed by atoms with Crippen LogP contribution in [0.25, 0.3) is 0 Å². The molecule has 6 nitrogen and oxygen atoms in total. The summed E-state index contributed by atoms with van der Waals surface area (Å²) < 4.78 is 16.4. The fraction of sp³-hybridized carbons (Fsp3) is 0.300. The number of carbonyl (C=O) groups excluding carboxylic acids is 2. The molecule has 6 heteroatoms. The third-order valence-electron chi connectivity index (χ3n) is 4.55. The van der Waals surface area contributed by atoms with Crippen LogP contribution in [0.2, 0.25) is 0 Å². The Labute approximate surface area is 151 Å². The average Bonchev–Trinajstić information content (AvgIpc) is 3.28. The van der Waals surface area contributed by atoms with Crippen molar-refractivity contribution in [2.75, 3.05) is 25.1 Å². The molecule has 0 saturated heterocycles. The highest BCUT2D eigenvalue weighted by Gasteiger charge is 2.30. The van der Waals surface area contributed by atoms with Gasteiger partial charge in [0, 0.05) is 24.0 Å². The Morgan fingerprint density at radius 3 is 2.81 bits per heavy atom. The van der Waals surface area contributed by atoms with E-state index in [0.29, 0.717) is 42.2 Å². The van der Waals surface area contributed by atoms with Crippen molar-refractivity contribution in [3.63, 3.8) is 0 Å². The summed E-state index contributed by atoms with van der Waals surface area (Å²) in [6.07, 6.45) is 1.42. The zero-order valence-electron chi connectivity index (χ0n) is 14.5. The molecule has 26 heavy (non-hydrogen) atoms. The van der Waals surface area contributed by atoms with Gasteiger partial charge in [-0.2, -0.15) is 0 Å². The van der Waals surface area contributed by atoms with E-state index in [9.17, 15) is 9.59 Å². The summed E-state index contributed by atoms with van der Waals surface area (Å²) in [6, 6.07) is 8.78. The molecule has 0 unspecified atom stereocenters. The molecular weight excluding hydrogens is 334 g/mol. The molecule has 0 radical (unpaired) electrons. The van der Waals surface area contributed by atoms with Crippen LogP contribution in [0.5, 0.6) is 11.5 Å². The monoisotopic (exact) mass is 353 g/mol. The normalized spacial score (nSPS) is 14.0. The molecule has 0 aliphatic carbocycles. The van der Waals surface area contributed by atoms with E-state index in [0.717, 1.165) is 23.3 Å². The number of hydrogen-bond acceptors (Lipinski definition) is 5. The standard InChI is InChI=1S/C20H19NO5/c1-2-24-20(23)13-5-3-4-6-15(13)21-19(22)17-14-8-10-25-16(14)11-12-7-9-26-18(12)17/h3-6,11H,2,7-10H2,1H3,(H,21,22). The van der Waals surface area contributed by atoms with Gasteiger partial charge in [0.05, 0.1) is 36.6 Å². The van der Waals surface area contributed by atoms with Crippen molar-refractivity contribution in [3.05, 3.63) is 52.6 Å². The summed E-state index contributed by atoms with van der Waals surface area (Å²) in [5.41, 5.74) is 3.08. The number of amides is 1. The lowest BCUT2D eigenvalue weighted by Gasteiger charge is -2.14. The highest BCUT2D eigenvalue weighted by atomic mass is 16.5. The molecule has 2 aromatic carbocycles. The second-order valence-corrected chi connectivity index (χ2v) is 6.13. The third kappa shape index (κ3) is 2.77. The molecule has 2 aliphatic heterocycles. The molecule has 134 valence electrons. The van der Waals surface area contributed by atoms with Crippen molar-refractivity contribution < 1.29 is 23.8 Å². The molecule has 1 N–H and O–H groups in total. The summed E-state index contributed by atoms with van der Waals surface area (Å²) in [5.74, 6) is 0.604. The molecule has 0 fully saturated rings. The molecular formula is C20H19NO5. The molecule has 0 bridgehead atoms. The molecule has 0 saturated carbocycles. The Kier molecular flexibility index (Phi) is 4.24. The Balaban J connectivity index is 1.70. The molecule has 4 rings (SSSR count). The Hall–Kier alpha value is -3.02. The van der Waals surface area contributed by atoms with Crippen LogP contribution < -0.4 is 14.8 Å². The maximum Gasteiger partial charge on any atom is 0.340 e. The first-order valence-corrected chi connectivity index (χ1v) is 8.71. The number of ether oxygens (including phenoxy) is 3. The molecule has 0 spiro atoms. The van der Waals surface area contributed by atoms with Crippen LogP contribution in [-0.4, -0.2) is 31.7 Å². The summed E-state index contributed by atoms with van der Waals surface area (Å²) in [6.45, 7) is 3.12. The molecule has 0 atom stereocenters. The molecule has 0 aromatic heterocycles. The lowest BCUT2D eigenvalue weighted by molar-refractivity contribution is 0.0527. The van der Waals surface area contributed by atoms with E-state index >= 15 is 0 Å². The van der Waals surface area contributed by atoms with Crippen LogP contribution in [0, 0.1) is 0 Å². The smallest absolute Gasteiger partial charge is 0.340 e. The second kappa shape index (κ2) is 6.71. The lowest BCUT2D eigenvalue weighted by Crippen LogP contribution is -2.18. The third-order valence-corrected chi connectivity index (χ3v) is 4.55. The summed E-state index contributed by atoms with van der Waals surface area (Å²) in [7, 11) is 0. The van der Waals surface area contributed by atoms with Crippen LogP contribution >= 0.6 is 0 Å². The second-order valence-electron chi connectivity index (χ2n) is 6.13. The van der Waals surface area contributed by atoms with Gasteiger partial charge >= 0.3 is 5.97 Å². The summed E-state index contributed by atoms with van der Waals surface area (Å²) in [4.78, 5) is 25.2. The largest absolute Gasteiger partial charge is 0.493 e. The van der Waals surface area contributed by atoms with Gasteiger partial charge in [-0.3, -0.25) is 4.79 Å². The number of nitrogens with one attached hydrogen (secondary N) is 1. The number of esters is 1. The van der Waals surface area contributed by atoms with Gasteiger partial charge in [-0.25, -0.2) is 4.79 Å². The van der Waals surface area contributed by atoms with Gasteiger partial charge in [0.25, 0.3) is 5.91 Å². The van der Waals surface area contributed by atoms with Gasteiger partial charge in [0.15, 0.2) is 0 Å². The molecule has 2 aromatic rings. The molecule has 2 heterocycles. The number of carbonyl (C=O) groups is 2. The van der Waals surface area contributed by atoms with Crippen molar-refractivity contribution in [2.45, 2.75) is 19.8 Å². The van der Waals surface area contributed by atoms with E-state index in [1.54, 1.807) is 31.2 Å². The minimum absolute atomic E-state index is 0.270. The molecule has 2 aliphatic rings. The number of para-hydroxylation sites is 1. The maximum absolute atomic E-state index is 13.1. The first-order valence-electron chi connectivity index (χ1n) is 8.71. The van der Waals surface area contributed by atoms with E-state index in [4.69, 9.17) is 14.2 Å². The summed E-state index contributed by atoms with van der Waals surface area (Å²) >= 11 is 0. The quantitative estimate of drug-likeness (QED) is 0.856. The van der Waals surface area contributed by atoms with Crippen molar-refractivity contribution in [1.29, 1.82) is 0 Å². The molecule has 1 amide bonds. The van der Waals surface area contributed by atoms with Gasteiger partial charge in [-0.1, -0.05) is 12.1 Å². The van der Waals surface area contributed by atoms with Gasteiger partial charge in [-0.15, -0.1) is 0 Å². The van der Waals surface area contributed by atoms with Gasteiger partial charge in [0.1, 0.15) is 11.5 Å².